The predicted molar refractivity (Wildman–Crippen MR) is 120 cm³/mol. The summed E-state index contributed by atoms with van der Waals surface area (Å²) in [6, 6.07) is 9.86. The van der Waals surface area contributed by atoms with Crippen molar-refractivity contribution in [2.24, 2.45) is 0 Å². The van der Waals surface area contributed by atoms with Crippen molar-refractivity contribution in [1.82, 2.24) is 4.98 Å². The fourth-order valence-corrected chi connectivity index (χ4v) is 3.96. The Kier molecular flexibility index (Phi) is 7.19. The number of carbonyl (C=O) groups is 1. The number of thiazole rings is 1. The van der Waals surface area contributed by atoms with Crippen molar-refractivity contribution >= 4 is 46.9 Å². The molecule has 0 aliphatic carbocycles. The third-order valence-electron chi connectivity index (χ3n) is 3.86. The van der Waals surface area contributed by atoms with Gasteiger partial charge in [-0.25, -0.2) is 4.98 Å². The number of rotatable bonds is 7. The molecule has 9 nitrogen and oxygen atoms in total. The van der Waals surface area contributed by atoms with E-state index in [9.17, 15) is 24.4 Å². The Morgan fingerprint density at radius 2 is 1.97 bits per heavy atom. The maximum Gasteiger partial charge on any atom is 0.356 e. The molecule has 0 saturated heterocycles. The highest BCUT2D eigenvalue weighted by Gasteiger charge is 2.20. The number of nitrogens with one attached hydrogen (secondary N) is 1. The maximum atomic E-state index is 12.7. The Labute approximate surface area is 192 Å². The average Bonchev–Trinajstić information content (AvgIpc) is 3.11. The molecule has 1 amide bonds. The molecule has 3 N–H and O–H groups in total. The lowest BCUT2D eigenvalue weighted by molar-refractivity contribution is 0.102. The average molecular weight is 494 g/mol. The molecule has 0 aliphatic heterocycles. The minimum absolute atomic E-state index is 0.0597. The quantitative estimate of drug-likeness (QED) is 0.413. The molecule has 166 valence electrons. The van der Waals surface area contributed by atoms with Gasteiger partial charge in [-0.3, -0.25) is 14.7 Å². The Morgan fingerprint density at radius 3 is 2.56 bits per heavy atom. The van der Waals surface area contributed by atoms with E-state index in [0.717, 1.165) is 17.4 Å². The topological polar surface area (TPSA) is 142 Å². The molecule has 32 heavy (non-hydrogen) atoms. The molecule has 0 fully saturated rings. The molecule has 3 rings (SSSR count). The summed E-state index contributed by atoms with van der Waals surface area (Å²) in [4.78, 5) is 35.3. The summed E-state index contributed by atoms with van der Waals surface area (Å²) >= 11 is 6.95. The van der Waals surface area contributed by atoms with Crippen molar-refractivity contribution in [2.45, 2.75) is 20.0 Å². The number of benzene rings is 2. The molecule has 0 bridgehead atoms. The van der Waals surface area contributed by atoms with Gasteiger partial charge in [0.15, 0.2) is 5.13 Å². The molecule has 1 heterocycles. The Morgan fingerprint density at radius 1 is 1.25 bits per heavy atom. The summed E-state index contributed by atoms with van der Waals surface area (Å²) in [6.45, 7) is 3.64. The second-order valence-electron chi connectivity index (χ2n) is 6.72. The van der Waals surface area contributed by atoms with E-state index in [4.69, 9.17) is 21.1 Å². The largest absolute Gasteiger partial charge is 0.491 e. The molecule has 0 saturated carbocycles. The zero-order valence-corrected chi connectivity index (χ0v) is 19.2. The van der Waals surface area contributed by atoms with E-state index in [1.165, 1.54) is 36.5 Å². The van der Waals surface area contributed by atoms with Crippen molar-refractivity contribution in [2.75, 3.05) is 5.32 Å². The summed E-state index contributed by atoms with van der Waals surface area (Å²) in [6.07, 6.45) is 1.23. The lowest BCUT2D eigenvalue weighted by atomic mass is 10.1. The minimum Gasteiger partial charge on any atom is -0.491 e. The van der Waals surface area contributed by atoms with Crippen molar-refractivity contribution in [3.05, 3.63) is 58.1 Å². The number of nitriles is 1. The van der Waals surface area contributed by atoms with Gasteiger partial charge in [0.25, 0.3) is 5.91 Å². The van der Waals surface area contributed by atoms with Crippen LogP contribution in [0.2, 0.25) is 4.34 Å². The maximum absolute atomic E-state index is 12.7. The fraction of sp³-hybridized carbons (Fsp3) is 0.150. The first-order chi connectivity index (χ1) is 15.0. The monoisotopic (exact) mass is 493 g/mol. The number of halogens is 1. The highest BCUT2D eigenvalue weighted by atomic mass is 35.5. The lowest BCUT2D eigenvalue weighted by Crippen LogP contribution is -2.13. The van der Waals surface area contributed by atoms with E-state index in [0.29, 0.717) is 15.2 Å². The van der Waals surface area contributed by atoms with Gasteiger partial charge in [-0.05, 0) is 44.2 Å². The van der Waals surface area contributed by atoms with Crippen LogP contribution in [0.3, 0.4) is 0 Å². The van der Waals surface area contributed by atoms with E-state index >= 15 is 0 Å². The van der Waals surface area contributed by atoms with Gasteiger partial charge < -0.3 is 19.3 Å². The van der Waals surface area contributed by atoms with Crippen molar-refractivity contribution < 1.29 is 28.6 Å². The van der Waals surface area contributed by atoms with Gasteiger partial charge in [-0.15, -0.1) is 0 Å². The van der Waals surface area contributed by atoms with Crippen LogP contribution in [0.4, 0.5) is 5.13 Å². The molecular weight excluding hydrogens is 477 g/mol. The van der Waals surface area contributed by atoms with E-state index < -0.39 is 13.5 Å². The summed E-state index contributed by atoms with van der Waals surface area (Å²) in [5.41, 5.74) is 0.124. The van der Waals surface area contributed by atoms with Crippen molar-refractivity contribution in [3.8, 4) is 23.3 Å². The van der Waals surface area contributed by atoms with Gasteiger partial charge in [0.1, 0.15) is 27.7 Å². The number of aromatic nitrogens is 1. The highest BCUT2D eigenvalue weighted by Crippen LogP contribution is 2.36. The zero-order chi connectivity index (χ0) is 23.5. The van der Waals surface area contributed by atoms with Gasteiger partial charge in [-0.1, -0.05) is 22.9 Å². The highest BCUT2D eigenvalue weighted by molar-refractivity contribution is 7.60. The fourth-order valence-electron chi connectivity index (χ4n) is 2.59. The van der Waals surface area contributed by atoms with Crippen LogP contribution in [0.15, 0.2) is 42.6 Å². The van der Waals surface area contributed by atoms with Crippen LogP contribution in [-0.2, 0) is 4.57 Å². The van der Waals surface area contributed by atoms with Crippen LogP contribution < -0.4 is 20.1 Å². The van der Waals surface area contributed by atoms with Crippen LogP contribution in [-0.4, -0.2) is 26.8 Å². The molecule has 0 aliphatic rings. The number of carbonyl (C=O) groups excluding carboxylic acids is 1. The molecule has 2 aromatic carbocycles. The van der Waals surface area contributed by atoms with Crippen LogP contribution in [0.1, 0.15) is 29.8 Å². The summed E-state index contributed by atoms with van der Waals surface area (Å²) in [5.74, 6) is 0.118. The standard InChI is InChI=1S/C20H17ClN3O6PS/c1-11(2)29-14-5-12(19(25)24-20-23-10-18(21)32-20)6-15(8-14)30-17-4-3-16(31(26,27)28)7-13(17)9-22/h3-8,10-11H,1-2H3,(H,23,24,25)(H2,26,27,28). The number of nitrogens with zero attached hydrogens (tertiary/aromatic N) is 2. The van der Waals surface area contributed by atoms with Crippen LogP contribution >= 0.6 is 30.5 Å². The van der Waals surface area contributed by atoms with Crippen molar-refractivity contribution in [1.29, 1.82) is 5.26 Å². The predicted octanol–water partition coefficient (Wildman–Crippen LogP) is 4.30. The van der Waals surface area contributed by atoms with Gasteiger partial charge in [0.05, 0.1) is 23.2 Å². The number of amides is 1. The molecule has 0 spiro atoms. The Bertz CT molecular complexity index is 1250. The summed E-state index contributed by atoms with van der Waals surface area (Å²) < 4.78 is 23.3. The summed E-state index contributed by atoms with van der Waals surface area (Å²) in [7, 11) is -4.53. The molecule has 12 heteroatoms. The molecule has 3 aromatic rings. The van der Waals surface area contributed by atoms with Gasteiger partial charge in [0, 0.05) is 11.6 Å². The van der Waals surface area contributed by atoms with Gasteiger partial charge >= 0.3 is 7.60 Å². The number of anilines is 1. The molecule has 1 aromatic heterocycles. The second-order valence-corrected chi connectivity index (χ2v) is 9.99. The lowest BCUT2D eigenvalue weighted by Gasteiger charge is -2.15. The normalized spacial score (nSPS) is 11.2. The SMILES string of the molecule is CC(C)Oc1cc(Oc2ccc(P(=O)(O)O)cc2C#N)cc(C(=O)Nc2ncc(Cl)s2)c1. The van der Waals surface area contributed by atoms with E-state index in [1.54, 1.807) is 0 Å². The van der Waals surface area contributed by atoms with Crippen LogP contribution in [0.5, 0.6) is 17.2 Å². The first-order valence-corrected chi connectivity index (χ1v) is 11.9. The molecule has 0 radical (unpaired) electrons. The summed E-state index contributed by atoms with van der Waals surface area (Å²) in [5, 5.41) is 12.0. The molecule has 0 unspecified atom stereocenters. The first kappa shape index (κ1) is 23.7. The zero-order valence-electron chi connectivity index (χ0n) is 16.8. The number of ether oxygens (including phenoxy) is 2. The van der Waals surface area contributed by atoms with Gasteiger partial charge in [-0.2, -0.15) is 5.26 Å². The smallest absolute Gasteiger partial charge is 0.356 e. The second kappa shape index (κ2) is 9.69. The van der Waals surface area contributed by atoms with Gasteiger partial charge in [0.2, 0.25) is 0 Å². The Balaban J connectivity index is 1.95. The van der Waals surface area contributed by atoms with E-state index in [2.05, 4.69) is 10.3 Å². The molecule has 0 atom stereocenters. The number of hydrogen-bond donors (Lipinski definition) is 3. The molecular formula is C20H17ClN3O6PS. The van der Waals surface area contributed by atoms with Crippen LogP contribution in [0.25, 0.3) is 0 Å². The minimum atomic E-state index is -4.53. The first-order valence-electron chi connectivity index (χ1n) is 9.07. The third-order valence-corrected chi connectivity index (χ3v) is 5.84. The number of hydrogen-bond acceptors (Lipinski definition) is 7. The van der Waals surface area contributed by atoms with E-state index in [1.807, 2.05) is 19.9 Å². The third kappa shape index (κ3) is 6.07. The Hall–Kier alpha value is -2.93. The van der Waals surface area contributed by atoms with E-state index in [-0.39, 0.29) is 34.0 Å². The van der Waals surface area contributed by atoms with Crippen LogP contribution in [0, 0.1) is 11.3 Å². The van der Waals surface area contributed by atoms with Crippen molar-refractivity contribution in [3.63, 3.8) is 0 Å².